The summed E-state index contributed by atoms with van der Waals surface area (Å²) < 4.78 is 13.2. The predicted octanol–water partition coefficient (Wildman–Crippen LogP) is 10.6. The molecule has 238 valence electrons. The first kappa shape index (κ1) is 37.9. The third-order valence-corrected chi connectivity index (χ3v) is 11.1. The Kier molecular flexibility index (Phi) is 13.5. The van der Waals surface area contributed by atoms with Crippen LogP contribution in [0.15, 0.2) is 47.9 Å². The molecule has 2 aromatic rings. The van der Waals surface area contributed by atoms with Crippen molar-refractivity contribution in [3.8, 4) is 0 Å². The van der Waals surface area contributed by atoms with Gasteiger partial charge in [-0.25, -0.2) is 0 Å². The maximum Gasteiger partial charge on any atom is 0.236 e. The van der Waals surface area contributed by atoms with Crippen molar-refractivity contribution in [1.29, 1.82) is 0 Å². The van der Waals surface area contributed by atoms with Crippen molar-refractivity contribution >= 4 is 36.4 Å². The molecule has 3 nitrogen and oxygen atoms in total. The first-order valence-corrected chi connectivity index (χ1v) is 18.7. The zero-order valence-corrected chi connectivity index (χ0v) is 32.1. The lowest BCUT2D eigenvalue weighted by Gasteiger charge is -2.37. The molecule has 6 heteroatoms. The van der Waals surface area contributed by atoms with E-state index in [1.165, 1.54) is 32.7 Å². The SMILES string of the molecule is CCC(=CC=CC(O)(CC)CC)c1cc(CCc2ccc(C(C)(C)O[Si]C(C)(C)C)c(C(C)(C)O[Si]C(C)(C)C)c2)cs1. The van der Waals surface area contributed by atoms with E-state index in [0.717, 1.165) is 32.1 Å². The van der Waals surface area contributed by atoms with Crippen LogP contribution in [0.1, 0.15) is 136 Å². The van der Waals surface area contributed by atoms with Crippen LogP contribution in [-0.4, -0.2) is 30.2 Å². The Morgan fingerprint density at radius 3 is 1.81 bits per heavy atom. The Morgan fingerprint density at radius 1 is 0.767 bits per heavy atom. The first-order chi connectivity index (χ1) is 19.7. The minimum atomic E-state index is -0.717. The van der Waals surface area contributed by atoms with Crippen molar-refractivity contribution in [2.24, 2.45) is 0 Å². The van der Waals surface area contributed by atoms with Crippen LogP contribution in [0, 0.1) is 0 Å². The highest BCUT2D eigenvalue weighted by Gasteiger charge is 2.34. The minimum Gasteiger partial charge on any atom is -0.408 e. The summed E-state index contributed by atoms with van der Waals surface area (Å²) in [5.74, 6) is 0. The Morgan fingerprint density at radius 2 is 1.30 bits per heavy atom. The molecule has 1 N–H and O–H groups in total. The van der Waals surface area contributed by atoms with Crippen LogP contribution in [0.4, 0.5) is 0 Å². The summed E-state index contributed by atoms with van der Waals surface area (Å²) >= 11 is 1.82. The van der Waals surface area contributed by atoms with E-state index in [4.69, 9.17) is 8.85 Å². The number of allylic oxidation sites excluding steroid dienone is 3. The van der Waals surface area contributed by atoms with Crippen molar-refractivity contribution in [3.63, 3.8) is 0 Å². The molecule has 1 aromatic carbocycles. The topological polar surface area (TPSA) is 38.7 Å². The molecule has 2 rings (SSSR count). The summed E-state index contributed by atoms with van der Waals surface area (Å²) in [5.41, 5.74) is 4.85. The Bertz CT molecular complexity index is 1220. The van der Waals surface area contributed by atoms with Crippen LogP contribution in [0.3, 0.4) is 0 Å². The first-order valence-electron chi connectivity index (χ1n) is 16.0. The Hall–Kier alpha value is -1.29. The minimum absolute atomic E-state index is 0.111. The number of thiophene rings is 1. The fourth-order valence-corrected chi connectivity index (χ4v) is 7.00. The molecule has 4 radical (unpaired) electrons. The maximum absolute atomic E-state index is 10.6. The third kappa shape index (κ3) is 12.2. The molecular formula is C37H58O3SSi2. The van der Waals surface area contributed by atoms with Gasteiger partial charge in [-0.05, 0) is 109 Å². The van der Waals surface area contributed by atoms with Crippen molar-refractivity contribution in [3.05, 3.63) is 75.0 Å². The highest BCUT2D eigenvalue weighted by atomic mass is 32.1. The summed E-state index contributed by atoms with van der Waals surface area (Å²) in [7, 11) is 0.805. The van der Waals surface area contributed by atoms with E-state index in [1.54, 1.807) is 0 Å². The fraction of sp³-hybridized carbons (Fsp3) is 0.622. The molecule has 0 aliphatic heterocycles. The molecule has 1 heterocycles. The number of aryl methyl sites for hydroxylation is 2. The summed E-state index contributed by atoms with van der Waals surface area (Å²) in [4.78, 5) is 1.31. The standard InChI is InChI=1S/C37H58O3SSi2/c1-14-29(18-17-23-37(38,15-2)16-3)32-25-28(26-41-32)20-19-27-21-22-30(35(10,11)39-42-33(4,5)6)31(24-27)36(12,13)40-43-34(7,8)9/h17-18,21-26,38H,14-16,19-20H2,1-13H3. The molecule has 0 amide bonds. The Balaban J connectivity index is 2.32. The van der Waals surface area contributed by atoms with E-state index in [2.05, 4.69) is 112 Å². The summed E-state index contributed by atoms with van der Waals surface area (Å²) in [5, 5.41) is 13.1. The van der Waals surface area contributed by atoms with Crippen LogP contribution >= 0.6 is 11.3 Å². The van der Waals surface area contributed by atoms with Gasteiger partial charge in [-0.2, -0.15) is 0 Å². The van der Waals surface area contributed by atoms with Gasteiger partial charge >= 0.3 is 0 Å². The van der Waals surface area contributed by atoms with Crippen molar-refractivity contribution < 1.29 is 14.0 Å². The average Bonchev–Trinajstić information content (AvgIpc) is 3.40. The summed E-state index contributed by atoms with van der Waals surface area (Å²) in [6.45, 7) is 28.4. The maximum atomic E-state index is 10.6. The van der Waals surface area contributed by atoms with Gasteiger partial charge in [-0.1, -0.05) is 98.7 Å². The van der Waals surface area contributed by atoms with Gasteiger partial charge in [0, 0.05) is 4.88 Å². The van der Waals surface area contributed by atoms with Gasteiger partial charge in [0.25, 0.3) is 0 Å². The molecule has 0 bridgehead atoms. The van der Waals surface area contributed by atoms with Crippen LogP contribution < -0.4 is 0 Å². The van der Waals surface area contributed by atoms with Crippen LogP contribution in [-0.2, 0) is 32.9 Å². The van der Waals surface area contributed by atoms with E-state index < -0.39 is 16.8 Å². The lowest BCUT2D eigenvalue weighted by atomic mass is 9.84. The molecule has 0 aliphatic rings. The largest absolute Gasteiger partial charge is 0.408 e. The number of hydrogen-bond acceptors (Lipinski definition) is 4. The predicted molar refractivity (Wildman–Crippen MR) is 190 cm³/mol. The molecule has 1 aromatic heterocycles. The number of hydrogen-bond donors (Lipinski definition) is 1. The molecule has 0 saturated heterocycles. The number of benzene rings is 1. The van der Waals surface area contributed by atoms with E-state index in [1.807, 2.05) is 37.3 Å². The van der Waals surface area contributed by atoms with Gasteiger partial charge in [-0.15, -0.1) is 11.3 Å². The molecular weight excluding hydrogens is 581 g/mol. The molecule has 43 heavy (non-hydrogen) atoms. The summed E-state index contributed by atoms with van der Waals surface area (Å²) in [6.07, 6.45) is 10.5. The van der Waals surface area contributed by atoms with E-state index >= 15 is 0 Å². The zero-order chi connectivity index (χ0) is 32.7. The van der Waals surface area contributed by atoms with Gasteiger partial charge in [0.1, 0.15) is 0 Å². The molecule has 0 atom stereocenters. The van der Waals surface area contributed by atoms with Crippen LogP contribution in [0.5, 0.6) is 0 Å². The third-order valence-electron chi connectivity index (χ3n) is 7.59. The van der Waals surface area contributed by atoms with Gasteiger partial charge in [0.05, 0.1) is 16.8 Å². The van der Waals surface area contributed by atoms with E-state index in [-0.39, 0.29) is 10.1 Å². The normalized spacial score (nSPS) is 14.2. The highest BCUT2D eigenvalue weighted by Crippen LogP contribution is 2.39. The van der Waals surface area contributed by atoms with Gasteiger partial charge in [-0.3, -0.25) is 0 Å². The quantitative estimate of drug-likeness (QED) is 0.156. The Labute approximate surface area is 273 Å². The van der Waals surface area contributed by atoms with Crippen molar-refractivity contribution in [1.82, 2.24) is 0 Å². The van der Waals surface area contributed by atoms with E-state index in [0.29, 0.717) is 19.5 Å². The second kappa shape index (κ2) is 15.3. The van der Waals surface area contributed by atoms with Crippen molar-refractivity contribution in [2.75, 3.05) is 0 Å². The van der Waals surface area contributed by atoms with Crippen LogP contribution in [0.25, 0.3) is 5.57 Å². The van der Waals surface area contributed by atoms with Gasteiger partial charge in [0.2, 0.25) is 19.5 Å². The number of aliphatic hydroxyl groups is 1. The van der Waals surface area contributed by atoms with Gasteiger partial charge in [0.15, 0.2) is 0 Å². The lowest BCUT2D eigenvalue weighted by molar-refractivity contribution is 0.0828. The zero-order valence-electron chi connectivity index (χ0n) is 29.3. The molecule has 0 spiro atoms. The summed E-state index contributed by atoms with van der Waals surface area (Å²) in [6, 6.07) is 9.27. The average molecular weight is 639 g/mol. The van der Waals surface area contributed by atoms with E-state index in [9.17, 15) is 5.11 Å². The second-order valence-corrected chi connectivity index (χ2v) is 19.6. The van der Waals surface area contributed by atoms with Gasteiger partial charge < -0.3 is 14.0 Å². The van der Waals surface area contributed by atoms with Crippen molar-refractivity contribution in [2.45, 2.75) is 149 Å². The monoisotopic (exact) mass is 638 g/mol. The molecule has 0 unspecified atom stereocenters. The fourth-order valence-electron chi connectivity index (χ4n) is 4.61. The molecule has 0 saturated carbocycles. The molecule has 0 fully saturated rings. The number of rotatable bonds is 15. The highest BCUT2D eigenvalue weighted by molar-refractivity contribution is 7.11. The molecule has 0 aliphatic carbocycles. The second-order valence-electron chi connectivity index (χ2n) is 14.8. The lowest BCUT2D eigenvalue weighted by Crippen LogP contribution is -2.34. The smallest absolute Gasteiger partial charge is 0.236 e. The van der Waals surface area contributed by atoms with Crippen LogP contribution in [0.2, 0.25) is 10.1 Å².